The van der Waals surface area contributed by atoms with E-state index in [1.54, 1.807) is 18.5 Å². The third-order valence-corrected chi connectivity index (χ3v) is 8.71. The van der Waals surface area contributed by atoms with Crippen molar-refractivity contribution in [1.29, 1.82) is 0 Å². The molecule has 0 saturated heterocycles. The summed E-state index contributed by atoms with van der Waals surface area (Å²) in [5.41, 5.74) is 3.45. The van der Waals surface area contributed by atoms with Crippen molar-refractivity contribution in [2.45, 2.75) is 65.3 Å². The average molecular weight is 614 g/mol. The number of benzene rings is 2. The normalized spacial score (nSPS) is 12.8. The maximum absolute atomic E-state index is 13.2. The van der Waals surface area contributed by atoms with Gasteiger partial charge in [0.1, 0.15) is 11.8 Å². The van der Waals surface area contributed by atoms with E-state index in [2.05, 4.69) is 43.0 Å². The molecule has 0 aliphatic heterocycles. The highest BCUT2D eigenvalue weighted by atomic mass is 32.1. The number of hydrogen-bond donors (Lipinski definition) is 2. The first-order valence-electron chi connectivity index (χ1n) is 14.8. The Morgan fingerprint density at radius 1 is 0.909 bits per heavy atom. The smallest absolute Gasteiger partial charge is 0.325 e. The Labute approximate surface area is 262 Å². The molecule has 9 heteroatoms. The summed E-state index contributed by atoms with van der Waals surface area (Å²) in [6.07, 6.45) is 4.76. The number of ketones is 1. The van der Waals surface area contributed by atoms with Gasteiger partial charge >= 0.3 is 5.97 Å². The zero-order chi connectivity index (χ0) is 31.9. The summed E-state index contributed by atoms with van der Waals surface area (Å²) in [5, 5.41) is 11.8. The number of carbonyl (C=O) groups is 3. The third-order valence-electron chi connectivity index (χ3n) is 7.16. The topological polar surface area (TPSA) is 118 Å². The molecule has 230 valence electrons. The molecule has 0 fully saturated rings. The lowest BCUT2D eigenvalue weighted by atomic mass is 9.92. The summed E-state index contributed by atoms with van der Waals surface area (Å²) in [7, 11) is 0. The number of aliphatic carboxylic acids is 1. The van der Waals surface area contributed by atoms with E-state index in [9.17, 15) is 19.5 Å². The van der Waals surface area contributed by atoms with Crippen LogP contribution in [0.4, 0.5) is 0 Å². The quantitative estimate of drug-likeness (QED) is 0.156. The van der Waals surface area contributed by atoms with E-state index >= 15 is 0 Å². The van der Waals surface area contributed by atoms with Gasteiger partial charge in [-0.25, -0.2) is 9.97 Å². The summed E-state index contributed by atoms with van der Waals surface area (Å²) >= 11 is 1.43. The van der Waals surface area contributed by atoms with Crippen LogP contribution in [-0.2, 0) is 21.4 Å². The van der Waals surface area contributed by atoms with Gasteiger partial charge in [-0.2, -0.15) is 0 Å². The zero-order valence-corrected chi connectivity index (χ0v) is 26.6. The third kappa shape index (κ3) is 8.60. The first kappa shape index (κ1) is 32.5. The van der Waals surface area contributed by atoms with Crippen molar-refractivity contribution in [2.75, 3.05) is 6.61 Å². The highest BCUT2D eigenvalue weighted by Crippen LogP contribution is 2.31. The lowest BCUT2D eigenvalue weighted by Gasteiger charge is -2.18. The van der Waals surface area contributed by atoms with E-state index in [1.807, 2.05) is 54.6 Å². The van der Waals surface area contributed by atoms with Gasteiger partial charge in [0.2, 0.25) is 5.91 Å². The van der Waals surface area contributed by atoms with E-state index < -0.39 is 23.8 Å². The molecule has 4 aromatic rings. The van der Waals surface area contributed by atoms with Gasteiger partial charge in [0.05, 0.1) is 11.5 Å². The lowest BCUT2D eigenvalue weighted by Crippen LogP contribution is -2.42. The number of nitrogens with zero attached hydrogens (tertiary/aromatic N) is 2. The molecule has 2 N–H and O–H groups in total. The van der Waals surface area contributed by atoms with E-state index in [-0.39, 0.29) is 24.0 Å². The van der Waals surface area contributed by atoms with Crippen molar-refractivity contribution in [3.05, 3.63) is 88.4 Å². The maximum Gasteiger partial charge on any atom is 0.325 e. The minimum atomic E-state index is -1.13. The molecule has 8 nitrogen and oxygen atoms in total. The van der Waals surface area contributed by atoms with Crippen molar-refractivity contribution < 1.29 is 24.2 Å². The molecular weight excluding hydrogens is 574 g/mol. The standard InChI is InChI=1S/C35H39N3O5S/c1-6-17-43-28-13-11-24(12-14-28)27-20-36-32(37-21-27)25-9-7-23(8-10-25)18-26(33(40)38-22(2)34(41)42)19-29(39)30-15-16-31(44-30)35(3,4)5/h7-16,20-22,26H,6,17-19H2,1-5H3,(H,38,40)(H,41,42)/t22-,26-/m1/s1. The van der Waals surface area contributed by atoms with Gasteiger partial charge in [0.25, 0.3) is 0 Å². The number of ether oxygens (including phenoxy) is 1. The van der Waals surface area contributed by atoms with Gasteiger partial charge in [-0.15, -0.1) is 11.3 Å². The average Bonchev–Trinajstić information content (AvgIpc) is 3.52. The Hall–Kier alpha value is -4.37. The van der Waals surface area contributed by atoms with Gasteiger partial charge in [0, 0.05) is 40.7 Å². The molecular formula is C35H39N3O5S. The van der Waals surface area contributed by atoms with Crippen molar-refractivity contribution in [1.82, 2.24) is 15.3 Å². The van der Waals surface area contributed by atoms with E-state index in [1.165, 1.54) is 18.3 Å². The summed E-state index contributed by atoms with van der Waals surface area (Å²) in [6.45, 7) is 10.4. The summed E-state index contributed by atoms with van der Waals surface area (Å²) in [6, 6.07) is 18.1. The van der Waals surface area contributed by atoms with Crippen molar-refractivity contribution in [3.63, 3.8) is 0 Å². The van der Waals surface area contributed by atoms with Crippen LogP contribution in [0.15, 0.2) is 73.1 Å². The predicted molar refractivity (Wildman–Crippen MR) is 173 cm³/mol. The zero-order valence-electron chi connectivity index (χ0n) is 25.8. The molecule has 44 heavy (non-hydrogen) atoms. The van der Waals surface area contributed by atoms with Gasteiger partial charge in [-0.1, -0.05) is 64.1 Å². The Morgan fingerprint density at radius 3 is 2.11 bits per heavy atom. The van der Waals surface area contributed by atoms with Gasteiger partial charge < -0.3 is 15.2 Å². The number of Topliss-reactive ketones (excluding diaryl/α,β-unsaturated/α-hetero) is 1. The van der Waals surface area contributed by atoms with Gasteiger partial charge in [-0.05, 0) is 60.6 Å². The minimum absolute atomic E-state index is 0.0275. The molecule has 0 aliphatic carbocycles. The number of thiophene rings is 1. The number of amides is 1. The SMILES string of the molecule is CCCOc1ccc(-c2cnc(-c3ccc(C[C@H](CC(=O)c4ccc(C(C)(C)C)s4)C(=O)N[C@H](C)C(=O)O)cc3)nc2)cc1. The Kier molecular flexibility index (Phi) is 10.7. The Bertz CT molecular complexity index is 1570. The fourth-order valence-corrected chi connectivity index (χ4v) is 5.54. The maximum atomic E-state index is 13.2. The highest BCUT2D eigenvalue weighted by Gasteiger charge is 2.27. The summed E-state index contributed by atoms with van der Waals surface area (Å²) < 4.78 is 5.65. The number of rotatable bonds is 13. The Balaban J connectivity index is 1.47. The number of carboxylic acids is 1. The largest absolute Gasteiger partial charge is 0.494 e. The van der Waals surface area contributed by atoms with Crippen molar-refractivity contribution in [2.24, 2.45) is 5.92 Å². The molecule has 0 radical (unpaired) electrons. The van der Waals surface area contributed by atoms with E-state index in [0.717, 1.165) is 39.3 Å². The van der Waals surface area contributed by atoms with Crippen LogP contribution < -0.4 is 10.1 Å². The van der Waals surface area contributed by atoms with E-state index in [4.69, 9.17) is 4.74 Å². The van der Waals surface area contributed by atoms with E-state index in [0.29, 0.717) is 17.3 Å². The van der Waals surface area contributed by atoms with Gasteiger partial charge in [0.15, 0.2) is 11.6 Å². The van der Waals surface area contributed by atoms with Crippen LogP contribution in [0.2, 0.25) is 0 Å². The molecule has 2 aromatic carbocycles. The first-order valence-corrected chi connectivity index (χ1v) is 15.6. The van der Waals surface area contributed by atoms with Crippen LogP contribution in [0, 0.1) is 5.92 Å². The molecule has 0 saturated carbocycles. The molecule has 0 aliphatic rings. The lowest BCUT2D eigenvalue weighted by molar-refractivity contribution is -0.141. The highest BCUT2D eigenvalue weighted by molar-refractivity contribution is 7.14. The minimum Gasteiger partial charge on any atom is -0.494 e. The molecule has 2 atom stereocenters. The van der Waals surface area contributed by atoms with Gasteiger partial charge in [-0.3, -0.25) is 14.4 Å². The second-order valence-corrected chi connectivity index (χ2v) is 13.0. The number of hydrogen-bond acceptors (Lipinski definition) is 7. The number of aromatic nitrogens is 2. The van der Waals surface area contributed by atoms with Crippen molar-refractivity contribution in [3.8, 4) is 28.3 Å². The predicted octanol–water partition coefficient (Wildman–Crippen LogP) is 6.98. The van der Waals surface area contributed by atoms with Crippen LogP contribution in [0.3, 0.4) is 0 Å². The summed E-state index contributed by atoms with van der Waals surface area (Å²) in [5.74, 6) is -1.07. The molecule has 0 bridgehead atoms. The monoisotopic (exact) mass is 613 g/mol. The van der Waals surface area contributed by atoms with Crippen LogP contribution in [-0.4, -0.2) is 45.4 Å². The second kappa shape index (κ2) is 14.4. The molecule has 2 aromatic heterocycles. The summed E-state index contributed by atoms with van der Waals surface area (Å²) in [4.78, 5) is 48.5. The van der Waals surface area contributed by atoms with Crippen LogP contribution in [0.25, 0.3) is 22.5 Å². The van der Waals surface area contributed by atoms with Crippen LogP contribution in [0.5, 0.6) is 5.75 Å². The molecule has 0 spiro atoms. The molecule has 4 rings (SSSR count). The van der Waals surface area contributed by atoms with Crippen LogP contribution in [0.1, 0.15) is 67.6 Å². The van der Waals surface area contributed by atoms with Crippen molar-refractivity contribution >= 4 is 29.0 Å². The number of nitrogens with one attached hydrogen (secondary N) is 1. The Morgan fingerprint density at radius 2 is 1.55 bits per heavy atom. The molecule has 2 heterocycles. The second-order valence-electron chi connectivity index (χ2n) is 11.9. The molecule has 1 amide bonds. The first-order chi connectivity index (χ1) is 20.9. The molecule has 0 unspecified atom stereocenters. The number of carboxylic acid groups (broad SMARTS) is 1. The number of carbonyl (C=O) groups excluding carboxylic acids is 2. The van der Waals surface area contributed by atoms with Crippen LogP contribution >= 0.6 is 11.3 Å². The fourth-order valence-electron chi connectivity index (χ4n) is 4.53. The fraction of sp³-hybridized carbons (Fsp3) is 0.343.